The summed E-state index contributed by atoms with van der Waals surface area (Å²) in [5, 5.41) is 27.2. The van der Waals surface area contributed by atoms with E-state index in [0.29, 0.717) is 32.3 Å². The van der Waals surface area contributed by atoms with Crippen LogP contribution in [0, 0.1) is 37.7 Å². The Morgan fingerprint density at radius 1 is 0.541 bits per heavy atom. The van der Waals surface area contributed by atoms with Crippen LogP contribution < -0.4 is 14.2 Å². The number of carboxylic acids is 3. The average molecular weight is 725 g/mol. The molecule has 0 heterocycles. The fourth-order valence-electron chi connectivity index (χ4n) is 2.54. The van der Waals surface area contributed by atoms with E-state index in [2.05, 4.69) is 0 Å². The van der Waals surface area contributed by atoms with Crippen molar-refractivity contribution in [3.63, 3.8) is 0 Å². The summed E-state index contributed by atoms with van der Waals surface area (Å²) in [5.74, 6) is -2.20. The molecule has 3 rings (SSSR count). The van der Waals surface area contributed by atoms with Crippen molar-refractivity contribution in [1.82, 2.24) is 0 Å². The van der Waals surface area contributed by atoms with Gasteiger partial charge in [-0.05, 0) is 54.6 Å². The van der Waals surface area contributed by atoms with Gasteiger partial charge in [0.2, 0.25) is 0 Å². The minimum Gasteiger partial charge on any atom is -0.496 e. The predicted octanol–water partition coefficient (Wildman–Crippen LogP) is 6.14. The molecule has 0 aliphatic rings. The molecular formula is C24H21Cl3HoO9. The van der Waals surface area contributed by atoms with Crippen LogP contribution in [0.2, 0.25) is 15.1 Å². The molecule has 3 aromatic carbocycles. The molecule has 0 bridgehead atoms. The van der Waals surface area contributed by atoms with Crippen molar-refractivity contribution in [2.45, 2.75) is 0 Å². The quantitative estimate of drug-likeness (QED) is 0.256. The van der Waals surface area contributed by atoms with Gasteiger partial charge in [0.25, 0.3) is 0 Å². The second-order valence-electron chi connectivity index (χ2n) is 6.45. The van der Waals surface area contributed by atoms with Gasteiger partial charge in [-0.3, -0.25) is 0 Å². The van der Waals surface area contributed by atoms with E-state index in [9.17, 15) is 14.4 Å². The van der Waals surface area contributed by atoms with Gasteiger partial charge in [0.1, 0.15) is 33.9 Å². The van der Waals surface area contributed by atoms with Crippen molar-refractivity contribution in [2.75, 3.05) is 21.3 Å². The molecule has 1 radical (unpaired) electrons. The van der Waals surface area contributed by atoms with Crippen LogP contribution in [0.3, 0.4) is 0 Å². The zero-order valence-corrected chi connectivity index (χ0v) is 23.6. The third-order valence-corrected chi connectivity index (χ3v) is 4.88. The molecule has 37 heavy (non-hydrogen) atoms. The van der Waals surface area contributed by atoms with Crippen molar-refractivity contribution in [2.24, 2.45) is 0 Å². The molecule has 0 unspecified atom stereocenters. The molecule has 203 valence electrons. The molecule has 0 saturated heterocycles. The van der Waals surface area contributed by atoms with E-state index < -0.39 is 17.9 Å². The average Bonchev–Trinajstić information content (AvgIpc) is 2.84. The number of carboxylic acid groups (broad SMARTS) is 3. The van der Waals surface area contributed by atoms with Gasteiger partial charge in [0, 0.05) is 52.8 Å². The van der Waals surface area contributed by atoms with Crippen molar-refractivity contribution in [3.05, 3.63) is 86.4 Å². The fraction of sp³-hybridized carbons (Fsp3) is 0.125. The largest absolute Gasteiger partial charge is 0.496 e. The van der Waals surface area contributed by atoms with Crippen LogP contribution in [0.25, 0.3) is 0 Å². The predicted molar refractivity (Wildman–Crippen MR) is 135 cm³/mol. The van der Waals surface area contributed by atoms with Crippen LogP contribution in [0.15, 0.2) is 54.6 Å². The number of halogens is 3. The minimum absolute atomic E-state index is 0. The first-order valence-electron chi connectivity index (χ1n) is 9.65. The second kappa shape index (κ2) is 17.2. The summed E-state index contributed by atoms with van der Waals surface area (Å²) in [6.07, 6.45) is 0. The van der Waals surface area contributed by atoms with Crippen molar-refractivity contribution >= 4 is 52.7 Å². The number of aromatic carboxylic acids is 3. The number of rotatable bonds is 6. The van der Waals surface area contributed by atoms with E-state index in [-0.39, 0.29) is 54.4 Å². The normalized spacial score (nSPS) is 9.24. The second-order valence-corrected chi connectivity index (χ2v) is 7.76. The van der Waals surface area contributed by atoms with Gasteiger partial charge in [-0.2, -0.15) is 0 Å². The zero-order chi connectivity index (χ0) is 27.4. The van der Waals surface area contributed by atoms with Gasteiger partial charge < -0.3 is 29.5 Å². The van der Waals surface area contributed by atoms with Crippen LogP contribution in [0.5, 0.6) is 17.2 Å². The summed E-state index contributed by atoms with van der Waals surface area (Å²) in [4.78, 5) is 31.8. The van der Waals surface area contributed by atoms with E-state index in [1.54, 1.807) is 18.2 Å². The molecular weight excluding hydrogens is 704 g/mol. The summed E-state index contributed by atoms with van der Waals surface area (Å²) in [5.41, 5.74) is 0.222. The van der Waals surface area contributed by atoms with E-state index in [4.69, 9.17) is 64.3 Å². The number of hydrogen-bond donors (Lipinski definition) is 3. The zero-order valence-electron chi connectivity index (χ0n) is 19.4. The summed E-state index contributed by atoms with van der Waals surface area (Å²) < 4.78 is 14.5. The third-order valence-electron chi connectivity index (χ3n) is 4.18. The molecule has 9 nitrogen and oxygen atoms in total. The maximum atomic E-state index is 10.6. The molecule has 0 aromatic heterocycles. The number of carbonyl (C=O) groups is 3. The Morgan fingerprint density at radius 3 is 0.919 bits per heavy atom. The van der Waals surface area contributed by atoms with Gasteiger partial charge in [-0.25, -0.2) is 14.4 Å². The van der Waals surface area contributed by atoms with Crippen LogP contribution in [-0.2, 0) is 0 Å². The first kappa shape index (κ1) is 34.6. The number of methoxy groups -OCH3 is 3. The Bertz CT molecular complexity index is 1090. The van der Waals surface area contributed by atoms with Crippen LogP contribution in [-0.4, -0.2) is 54.6 Å². The van der Waals surface area contributed by atoms with E-state index in [1.165, 1.54) is 57.7 Å². The molecule has 0 aliphatic carbocycles. The number of benzene rings is 3. The molecule has 0 saturated carbocycles. The van der Waals surface area contributed by atoms with Crippen LogP contribution in [0.1, 0.15) is 31.1 Å². The molecule has 0 fully saturated rings. The van der Waals surface area contributed by atoms with Crippen molar-refractivity contribution in [3.8, 4) is 17.2 Å². The maximum Gasteiger partial charge on any atom is 0.339 e. The summed E-state index contributed by atoms with van der Waals surface area (Å²) in [7, 11) is 4.24. The molecule has 0 spiro atoms. The fourth-order valence-corrected chi connectivity index (χ4v) is 3.06. The summed E-state index contributed by atoms with van der Waals surface area (Å²) in [6.45, 7) is 0. The molecule has 0 aliphatic heterocycles. The van der Waals surface area contributed by atoms with E-state index >= 15 is 0 Å². The van der Waals surface area contributed by atoms with Crippen molar-refractivity contribution in [1.29, 1.82) is 0 Å². The number of ether oxygens (including phenoxy) is 3. The molecule has 3 aromatic rings. The molecule has 13 heteroatoms. The Balaban J connectivity index is 0.000000518. The monoisotopic (exact) mass is 723 g/mol. The van der Waals surface area contributed by atoms with Gasteiger partial charge in [-0.15, -0.1) is 0 Å². The first-order valence-corrected chi connectivity index (χ1v) is 10.8. The molecule has 0 amide bonds. The SMILES string of the molecule is COc1ccc(Cl)cc1C(=O)O.COc1ccc(Cl)cc1C(=O)O.COc1ccc(Cl)cc1C(=O)O.[Ho]. The Labute approximate surface area is 257 Å². The van der Waals surface area contributed by atoms with Gasteiger partial charge in [0.15, 0.2) is 0 Å². The van der Waals surface area contributed by atoms with Gasteiger partial charge >= 0.3 is 17.9 Å². The smallest absolute Gasteiger partial charge is 0.339 e. The molecule has 3 N–H and O–H groups in total. The van der Waals surface area contributed by atoms with Gasteiger partial charge in [0.05, 0.1) is 21.3 Å². The summed E-state index contributed by atoms with van der Waals surface area (Å²) >= 11 is 16.8. The van der Waals surface area contributed by atoms with Gasteiger partial charge in [-0.1, -0.05) is 34.8 Å². The molecule has 0 atom stereocenters. The third kappa shape index (κ3) is 11.3. The van der Waals surface area contributed by atoms with E-state index in [0.717, 1.165) is 0 Å². The van der Waals surface area contributed by atoms with E-state index in [1.807, 2.05) is 0 Å². The Morgan fingerprint density at radius 2 is 0.757 bits per heavy atom. The summed E-state index contributed by atoms with van der Waals surface area (Å²) in [6, 6.07) is 13.3. The van der Waals surface area contributed by atoms with Crippen LogP contribution >= 0.6 is 34.8 Å². The Hall–Kier alpha value is -2.40. The minimum atomic E-state index is -1.05. The topological polar surface area (TPSA) is 140 Å². The standard InChI is InChI=1S/3C8H7ClO3.Ho/c3*1-12-7-3-2-5(9)4-6(7)8(10)11;/h3*2-4H,1H3,(H,10,11);. The Kier molecular flexibility index (Phi) is 16.1. The van der Waals surface area contributed by atoms with Crippen molar-refractivity contribution < 1.29 is 81.7 Å². The van der Waals surface area contributed by atoms with Crippen LogP contribution in [0.4, 0.5) is 0 Å². The first-order chi connectivity index (χ1) is 16.9. The number of hydrogen-bond acceptors (Lipinski definition) is 6. The maximum absolute atomic E-state index is 10.6.